The summed E-state index contributed by atoms with van der Waals surface area (Å²) < 4.78 is 0. The normalized spacial score (nSPS) is 9.64. The van der Waals surface area contributed by atoms with E-state index in [4.69, 9.17) is 0 Å². The molecule has 0 atom stereocenters. The molecule has 1 nitrogen and oxygen atoms in total. The quantitative estimate of drug-likeness (QED) is 0.492. The second kappa shape index (κ2) is 6.59. The van der Waals surface area contributed by atoms with Gasteiger partial charge in [0.15, 0.2) is 0 Å². The molecule has 0 N–H and O–H groups in total. The molecule has 0 unspecified atom stereocenters. The molecule has 0 bridgehead atoms. The van der Waals surface area contributed by atoms with E-state index in [1.54, 1.807) is 0 Å². The number of benzene rings is 1. The van der Waals surface area contributed by atoms with Crippen LogP contribution >= 0.6 is 0 Å². The smallest absolute Gasteiger partial charge is 1.00 e. The van der Waals surface area contributed by atoms with E-state index in [0.29, 0.717) is 5.71 Å². The molecule has 72 valence electrons. The van der Waals surface area contributed by atoms with E-state index >= 15 is 0 Å². The van der Waals surface area contributed by atoms with Crippen molar-refractivity contribution in [2.75, 3.05) is 0 Å². The van der Waals surface area contributed by atoms with Gasteiger partial charge in [-0.2, -0.15) is 5.71 Å². The number of nitrogens with zero attached hydrogens (tertiary/aromatic N) is 1. The molecule has 0 aliphatic rings. The van der Waals surface area contributed by atoms with Crippen molar-refractivity contribution < 1.29 is 17.0 Å². The van der Waals surface area contributed by atoms with Crippen LogP contribution in [0.5, 0.6) is 0 Å². The molecular formula is C11H14BrMgN. The van der Waals surface area contributed by atoms with Gasteiger partial charge in [-0.3, -0.25) is 0 Å². The average molecular weight is 264 g/mol. The van der Waals surface area contributed by atoms with Crippen LogP contribution in [0.1, 0.15) is 26.3 Å². The van der Waals surface area contributed by atoms with E-state index in [1.807, 2.05) is 51.1 Å². The predicted molar refractivity (Wildman–Crippen MR) is 59.1 cm³/mol. The molecule has 0 saturated carbocycles. The molecule has 1 aromatic rings. The van der Waals surface area contributed by atoms with Crippen LogP contribution in [0.2, 0.25) is 0 Å². The van der Waals surface area contributed by atoms with Crippen molar-refractivity contribution in [3.05, 3.63) is 41.3 Å². The summed E-state index contributed by atoms with van der Waals surface area (Å²) >= 11 is 0. The van der Waals surface area contributed by atoms with Gasteiger partial charge < -0.3 is 22.4 Å². The van der Waals surface area contributed by atoms with E-state index < -0.39 is 0 Å². The molecule has 1 aromatic carbocycles. The zero-order chi connectivity index (χ0) is 9.19. The minimum Gasteiger partial charge on any atom is -1.00 e. The van der Waals surface area contributed by atoms with Gasteiger partial charge >= 0.3 is 23.1 Å². The third-order valence-electron chi connectivity index (χ3n) is 1.76. The Kier molecular flexibility index (Phi) is 7.79. The molecule has 0 aliphatic heterocycles. The Morgan fingerprint density at radius 2 is 1.50 bits per heavy atom. The number of rotatable bonds is 1. The summed E-state index contributed by atoms with van der Waals surface area (Å²) in [7, 11) is 0. The molecule has 0 aromatic heterocycles. The minimum atomic E-state index is -0.165. The SMILES string of the molecule is CC(C)(C)C(=[N-])c1ccccc1.[Br-].[Mg+2]. The molecule has 0 aliphatic carbocycles. The monoisotopic (exact) mass is 263 g/mol. The van der Waals surface area contributed by atoms with Crippen molar-refractivity contribution >= 4 is 28.8 Å². The summed E-state index contributed by atoms with van der Waals surface area (Å²) in [6, 6.07) is 9.63. The van der Waals surface area contributed by atoms with Gasteiger partial charge in [0.05, 0.1) is 0 Å². The van der Waals surface area contributed by atoms with E-state index in [2.05, 4.69) is 0 Å². The number of hydrogen-bond donors (Lipinski definition) is 0. The summed E-state index contributed by atoms with van der Waals surface area (Å²) in [4.78, 5) is 0. The van der Waals surface area contributed by atoms with Crippen molar-refractivity contribution in [3.8, 4) is 0 Å². The molecule has 3 heteroatoms. The Morgan fingerprint density at radius 1 is 1.07 bits per heavy atom. The fourth-order valence-electron chi connectivity index (χ4n) is 1.03. The minimum absolute atomic E-state index is 0. The first-order valence-electron chi connectivity index (χ1n) is 4.13. The predicted octanol–water partition coefficient (Wildman–Crippen LogP) is -0.286. The van der Waals surface area contributed by atoms with Crippen molar-refractivity contribution in [2.45, 2.75) is 20.8 Å². The van der Waals surface area contributed by atoms with Crippen molar-refractivity contribution in [2.24, 2.45) is 5.41 Å². The molecule has 14 heavy (non-hydrogen) atoms. The first-order chi connectivity index (χ1) is 5.52. The summed E-state index contributed by atoms with van der Waals surface area (Å²) in [5, 5.41) is 9.77. The average Bonchev–Trinajstić information content (AvgIpc) is 2.03. The fraction of sp³-hybridized carbons (Fsp3) is 0.364. The summed E-state index contributed by atoms with van der Waals surface area (Å²) in [6.07, 6.45) is 0. The first-order valence-corrected chi connectivity index (χ1v) is 4.13. The number of hydrogen-bond acceptors (Lipinski definition) is 0. The standard InChI is InChI=1S/C11H14N.BrH.Mg/c1-11(2,3)10(12)9-7-5-4-6-8-9;;/h4-8H,1-3H3;1H;/q-1;;+2/p-1. The molecule has 0 radical (unpaired) electrons. The van der Waals surface area contributed by atoms with Crippen LogP contribution in [-0.4, -0.2) is 28.8 Å². The Bertz CT molecular complexity index is 277. The van der Waals surface area contributed by atoms with Gasteiger partial charge in [0.25, 0.3) is 0 Å². The fourth-order valence-corrected chi connectivity index (χ4v) is 1.03. The Morgan fingerprint density at radius 3 is 1.86 bits per heavy atom. The van der Waals surface area contributed by atoms with E-state index in [1.165, 1.54) is 0 Å². The summed E-state index contributed by atoms with van der Waals surface area (Å²) in [5.41, 5.74) is 1.19. The first kappa shape index (κ1) is 16.6. The maximum absolute atomic E-state index is 9.77. The van der Waals surface area contributed by atoms with E-state index in [-0.39, 0.29) is 45.4 Å². The molecule has 0 amide bonds. The zero-order valence-corrected chi connectivity index (χ0v) is 11.9. The number of halogens is 1. The van der Waals surface area contributed by atoms with Crippen LogP contribution in [0, 0.1) is 5.41 Å². The third kappa shape index (κ3) is 4.58. The molecular weight excluding hydrogens is 250 g/mol. The van der Waals surface area contributed by atoms with Crippen LogP contribution < -0.4 is 17.0 Å². The zero-order valence-electron chi connectivity index (χ0n) is 8.92. The van der Waals surface area contributed by atoms with Crippen LogP contribution in [0.4, 0.5) is 0 Å². The molecule has 1 rings (SSSR count). The van der Waals surface area contributed by atoms with E-state index in [0.717, 1.165) is 5.56 Å². The van der Waals surface area contributed by atoms with Crippen molar-refractivity contribution in [1.82, 2.24) is 0 Å². The van der Waals surface area contributed by atoms with Gasteiger partial charge in [-0.1, -0.05) is 51.1 Å². The molecule has 0 spiro atoms. The van der Waals surface area contributed by atoms with Gasteiger partial charge in [-0.25, -0.2) is 0 Å². The summed E-state index contributed by atoms with van der Waals surface area (Å²) in [6.45, 7) is 5.99. The Hall–Kier alpha value is 0.136. The topological polar surface area (TPSA) is 22.3 Å². The molecule has 0 heterocycles. The maximum Gasteiger partial charge on any atom is 2.00 e. The van der Waals surface area contributed by atoms with Crippen LogP contribution in [-0.2, 0) is 0 Å². The maximum atomic E-state index is 9.77. The second-order valence-electron chi connectivity index (χ2n) is 3.96. The van der Waals surface area contributed by atoms with Gasteiger partial charge in [0, 0.05) is 0 Å². The Labute approximate surface area is 113 Å². The largest absolute Gasteiger partial charge is 2.00 e. The second-order valence-corrected chi connectivity index (χ2v) is 3.96. The molecule has 0 saturated heterocycles. The van der Waals surface area contributed by atoms with Gasteiger partial charge in [0.1, 0.15) is 0 Å². The van der Waals surface area contributed by atoms with Gasteiger partial charge in [-0.05, 0) is 11.0 Å². The Balaban J connectivity index is 0. The van der Waals surface area contributed by atoms with Crippen LogP contribution in [0.15, 0.2) is 30.3 Å². The summed E-state index contributed by atoms with van der Waals surface area (Å²) in [5.74, 6) is 0. The molecule has 0 fully saturated rings. The van der Waals surface area contributed by atoms with Crippen LogP contribution in [0.25, 0.3) is 5.41 Å². The van der Waals surface area contributed by atoms with Gasteiger partial charge in [-0.15, -0.1) is 0 Å². The van der Waals surface area contributed by atoms with Gasteiger partial charge in [0.2, 0.25) is 0 Å². The van der Waals surface area contributed by atoms with E-state index in [9.17, 15) is 5.41 Å². The third-order valence-corrected chi connectivity index (χ3v) is 1.76. The van der Waals surface area contributed by atoms with Crippen molar-refractivity contribution in [3.63, 3.8) is 0 Å². The van der Waals surface area contributed by atoms with Crippen LogP contribution in [0.3, 0.4) is 0 Å². The van der Waals surface area contributed by atoms with Crippen molar-refractivity contribution in [1.29, 1.82) is 0 Å².